The van der Waals surface area contributed by atoms with Gasteiger partial charge in [-0.15, -0.1) is 5.10 Å². The summed E-state index contributed by atoms with van der Waals surface area (Å²) < 4.78 is 1.86. The van der Waals surface area contributed by atoms with Crippen molar-refractivity contribution < 1.29 is 0 Å². The lowest BCUT2D eigenvalue weighted by Crippen LogP contribution is -2.11. The first-order chi connectivity index (χ1) is 11.1. The molecule has 0 aliphatic carbocycles. The van der Waals surface area contributed by atoms with Gasteiger partial charge in [0.1, 0.15) is 5.69 Å². The number of aryl methyl sites for hydroxylation is 1. The van der Waals surface area contributed by atoms with Gasteiger partial charge in [0.15, 0.2) is 0 Å². The Morgan fingerprint density at radius 2 is 1.91 bits per heavy atom. The van der Waals surface area contributed by atoms with Gasteiger partial charge in [-0.1, -0.05) is 35.5 Å². The molecule has 0 fully saturated rings. The van der Waals surface area contributed by atoms with Crippen LogP contribution in [0.1, 0.15) is 16.7 Å². The SMILES string of the molecule is Cc1cccnc1-c1cn(Cc2cccc(CN(C)C)c2)nn1. The molecule has 0 saturated heterocycles. The van der Waals surface area contributed by atoms with Crippen molar-refractivity contribution in [2.24, 2.45) is 0 Å². The molecule has 2 aromatic heterocycles. The molecular weight excluding hydrogens is 286 g/mol. The Bertz CT molecular complexity index is 791. The highest BCUT2D eigenvalue weighted by atomic mass is 15.4. The van der Waals surface area contributed by atoms with Gasteiger partial charge in [-0.05, 0) is 43.8 Å². The first kappa shape index (κ1) is 15.4. The molecule has 0 radical (unpaired) electrons. The fraction of sp³-hybridized carbons (Fsp3) is 0.278. The lowest BCUT2D eigenvalue weighted by atomic mass is 10.1. The molecule has 3 rings (SSSR count). The van der Waals surface area contributed by atoms with Gasteiger partial charge in [0.2, 0.25) is 0 Å². The minimum absolute atomic E-state index is 0.708. The molecule has 0 unspecified atom stereocenters. The van der Waals surface area contributed by atoms with Crippen molar-refractivity contribution in [3.63, 3.8) is 0 Å². The first-order valence-corrected chi connectivity index (χ1v) is 7.66. The van der Waals surface area contributed by atoms with Crippen LogP contribution in [0.15, 0.2) is 48.8 Å². The fourth-order valence-corrected chi connectivity index (χ4v) is 2.62. The predicted octanol–water partition coefficient (Wildman–Crippen LogP) is 2.76. The van der Waals surface area contributed by atoms with Gasteiger partial charge in [0.05, 0.1) is 18.4 Å². The largest absolute Gasteiger partial charge is 0.305 e. The molecule has 5 nitrogen and oxygen atoms in total. The van der Waals surface area contributed by atoms with Crippen molar-refractivity contribution in [3.05, 3.63) is 65.5 Å². The molecule has 5 heteroatoms. The third-order valence-corrected chi connectivity index (χ3v) is 3.63. The number of hydrogen-bond donors (Lipinski definition) is 0. The fourth-order valence-electron chi connectivity index (χ4n) is 2.62. The van der Waals surface area contributed by atoms with E-state index in [0.29, 0.717) is 6.54 Å². The number of benzene rings is 1. The summed E-state index contributed by atoms with van der Waals surface area (Å²) in [4.78, 5) is 6.56. The maximum Gasteiger partial charge on any atom is 0.131 e. The summed E-state index contributed by atoms with van der Waals surface area (Å²) in [6, 6.07) is 12.5. The molecular formula is C18H21N5. The van der Waals surface area contributed by atoms with E-state index in [1.54, 1.807) is 6.20 Å². The monoisotopic (exact) mass is 307 g/mol. The van der Waals surface area contributed by atoms with E-state index in [1.165, 1.54) is 11.1 Å². The van der Waals surface area contributed by atoms with Crippen molar-refractivity contribution in [2.45, 2.75) is 20.0 Å². The van der Waals surface area contributed by atoms with E-state index in [4.69, 9.17) is 0 Å². The van der Waals surface area contributed by atoms with Crippen molar-refractivity contribution in [1.29, 1.82) is 0 Å². The van der Waals surface area contributed by atoms with Gasteiger partial charge in [0.25, 0.3) is 0 Å². The van der Waals surface area contributed by atoms with Crippen LogP contribution in [-0.4, -0.2) is 39.0 Å². The van der Waals surface area contributed by atoms with Gasteiger partial charge < -0.3 is 4.90 Å². The molecule has 0 aliphatic heterocycles. The maximum atomic E-state index is 4.39. The van der Waals surface area contributed by atoms with Gasteiger partial charge >= 0.3 is 0 Å². The molecule has 0 atom stereocenters. The van der Waals surface area contributed by atoms with Gasteiger partial charge in [-0.3, -0.25) is 4.98 Å². The second-order valence-corrected chi connectivity index (χ2v) is 6.03. The van der Waals surface area contributed by atoms with Crippen LogP contribution in [0.4, 0.5) is 0 Å². The molecule has 0 N–H and O–H groups in total. The van der Waals surface area contributed by atoms with Crippen LogP contribution >= 0.6 is 0 Å². The molecule has 118 valence electrons. The van der Waals surface area contributed by atoms with Crippen LogP contribution in [0.3, 0.4) is 0 Å². The van der Waals surface area contributed by atoms with Crippen LogP contribution in [0.2, 0.25) is 0 Å². The Morgan fingerprint density at radius 3 is 2.70 bits per heavy atom. The zero-order valence-corrected chi connectivity index (χ0v) is 13.8. The highest BCUT2D eigenvalue weighted by molar-refractivity contribution is 5.56. The maximum absolute atomic E-state index is 4.39. The average Bonchev–Trinajstić information content (AvgIpc) is 2.95. The quantitative estimate of drug-likeness (QED) is 0.727. The number of nitrogens with zero attached hydrogens (tertiary/aromatic N) is 5. The first-order valence-electron chi connectivity index (χ1n) is 7.66. The normalized spacial score (nSPS) is 11.1. The molecule has 2 heterocycles. The minimum Gasteiger partial charge on any atom is -0.305 e. The molecule has 0 amide bonds. The van der Waals surface area contributed by atoms with Gasteiger partial charge in [-0.2, -0.15) is 0 Å². The smallest absolute Gasteiger partial charge is 0.131 e. The number of rotatable bonds is 5. The Morgan fingerprint density at radius 1 is 1.09 bits per heavy atom. The Balaban J connectivity index is 1.78. The summed E-state index contributed by atoms with van der Waals surface area (Å²) in [6.45, 7) is 3.68. The summed E-state index contributed by atoms with van der Waals surface area (Å²) in [5, 5.41) is 8.49. The molecule has 0 bridgehead atoms. The zero-order valence-electron chi connectivity index (χ0n) is 13.8. The second kappa shape index (κ2) is 6.71. The summed E-state index contributed by atoms with van der Waals surface area (Å²) in [7, 11) is 4.15. The molecule has 0 aliphatic rings. The highest BCUT2D eigenvalue weighted by Crippen LogP contribution is 2.17. The van der Waals surface area contributed by atoms with Gasteiger partial charge in [-0.25, -0.2) is 4.68 Å². The van der Waals surface area contributed by atoms with Crippen LogP contribution in [0.5, 0.6) is 0 Å². The topological polar surface area (TPSA) is 46.8 Å². The van der Waals surface area contributed by atoms with Crippen LogP contribution in [-0.2, 0) is 13.1 Å². The van der Waals surface area contributed by atoms with E-state index < -0.39 is 0 Å². The predicted molar refractivity (Wildman–Crippen MR) is 90.9 cm³/mol. The van der Waals surface area contributed by atoms with Gasteiger partial charge in [0, 0.05) is 12.7 Å². The lowest BCUT2D eigenvalue weighted by Gasteiger charge is -2.10. The van der Waals surface area contributed by atoms with E-state index in [1.807, 2.05) is 29.9 Å². The number of pyridine rings is 1. The van der Waals surface area contributed by atoms with E-state index in [0.717, 1.165) is 23.5 Å². The van der Waals surface area contributed by atoms with E-state index in [9.17, 15) is 0 Å². The van der Waals surface area contributed by atoms with Crippen LogP contribution in [0, 0.1) is 6.92 Å². The molecule has 3 aromatic rings. The Hall–Kier alpha value is -2.53. The van der Waals surface area contributed by atoms with E-state index >= 15 is 0 Å². The van der Waals surface area contributed by atoms with Crippen molar-refractivity contribution >= 4 is 0 Å². The lowest BCUT2D eigenvalue weighted by molar-refractivity contribution is 0.402. The van der Waals surface area contributed by atoms with Crippen molar-refractivity contribution in [2.75, 3.05) is 14.1 Å². The second-order valence-electron chi connectivity index (χ2n) is 6.03. The van der Waals surface area contributed by atoms with E-state index in [2.05, 4.69) is 58.6 Å². The third-order valence-electron chi connectivity index (χ3n) is 3.63. The molecule has 23 heavy (non-hydrogen) atoms. The standard InChI is InChI=1S/C18H21N5/c1-14-6-5-9-19-18(14)17-13-23(21-20-17)12-16-8-4-7-15(10-16)11-22(2)3/h4-10,13H,11-12H2,1-3H3. The Kier molecular flexibility index (Phi) is 4.48. The summed E-state index contributed by atoms with van der Waals surface area (Å²) in [5.74, 6) is 0. The summed E-state index contributed by atoms with van der Waals surface area (Å²) in [6.07, 6.45) is 3.74. The average molecular weight is 307 g/mol. The van der Waals surface area contributed by atoms with Crippen LogP contribution < -0.4 is 0 Å². The van der Waals surface area contributed by atoms with Crippen LogP contribution in [0.25, 0.3) is 11.4 Å². The molecule has 0 saturated carbocycles. The minimum atomic E-state index is 0.708. The van der Waals surface area contributed by atoms with Crippen molar-refractivity contribution in [3.8, 4) is 11.4 Å². The molecule has 1 aromatic carbocycles. The van der Waals surface area contributed by atoms with Crippen molar-refractivity contribution in [1.82, 2.24) is 24.9 Å². The molecule has 0 spiro atoms. The number of hydrogen-bond acceptors (Lipinski definition) is 4. The Labute approximate surface area is 136 Å². The number of aromatic nitrogens is 4. The van der Waals surface area contributed by atoms with E-state index in [-0.39, 0.29) is 0 Å². The highest BCUT2D eigenvalue weighted by Gasteiger charge is 2.08. The third kappa shape index (κ3) is 3.81. The summed E-state index contributed by atoms with van der Waals surface area (Å²) in [5.41, 5.74) is 5.33. The zero-order chi connectivity index (χ0) is 16.2. The summed E-state index contributed by atoms with van der Waals surface area (Å²) >= 11 is 0.